The fraction of sp³-hybridized carbons (Fsp3) is 0.0400. The molecule has 0 aliphatic carbocycles. The van der Waals surface area contributed by atoms with Crippen molar-refractivity contribution < 1.29 is 9.53 Å². The van der Waals surface area contributed by atoms with Crippen LogP contribution in [0.5, 0.6) is 11.5 Å². The molecule has 1 aliphatic rings. The quantitative estimate of drug-likeness (QED) is 0.478. The lowest BCUT2D eigenvalue weighted by atomic mass is 10.1. The first-order valence-corrected chi connectivity index (χ1v) is 9.73. The molecule has 1 N–H and O–H groups in total. The summed E-state index contributed by atoms with van der Waals surface area (Å²) in [6, 6.07) is 28.7. The molecule has 3 aromatic carbocycles. The molecule has 1 amide bonds. The van der Waals surface area contributed by atoms with Crippen molar-refractivity contribution >= 4 is 23.1 Å². The number of hydrogen-bond donors (Lipinski definition) is 1. The second-order valence-corrected chi connectivity index (χ2v) is 7.00. The highest BCUT2D eigenvalue weighted by Crippen LogP contribution is 2.37. The van der Waals surface area contributed by atoms with E-state index in [9.17, 15) is 4.79 Å². The van der Waals surface area contributed by atoms with Gasteiger partial charge < -0.3 is 10.1 Å². The Balaban J connectivity index is 1.55. The number of nitrogens with zero attached hydrogens (tertiary/aromatic N) is 2. The molecular formula is C25H19N3O2. The maximum absolute atomic E-state index is 13.6. The lowest BCUT2D eigenvalue weighted by molar-refractivity contribution is 0.0985. The zero-order chi connectivity index (χ0) is 20.3. The maximum Gasteiger partial charge on any atom is 0.262 e. The largest absolute Gasteiger partial charge is 0.457 e. The molecule has 5 rings (SSSR count). The number of amides is 1. The number of carbonyl (C=O) groups excluding carboxylic acids is 1. The highest BCUT2D eigenvalue weighted by Gasteiger charge is 2.28. The van der Waals surface area contributed by atoms with Gasteiger partial charge in [0.05, 0.1) is 23.5 Å². The van der Waals surface area contributed by atoms with Crippen LogP contribution in [0.4, 0.5) is 17.2 Å². The van der Waals surface area contributed by atoms with Gasteiger partial charge in [-0.3, -0.25) is 9.69 Å². The number of aromatic nitrogens is 1. The van der Waals surface area contributed by atoms with Crippen LogP contribution in [-0.4, -0.2) is 10.9 Å². The van der Waals surface area contributed by atoms with E-state index in [4.69, 9.17) is 4.74 Å². The third-order valence-electron chi connectivity index (χ3n) is 4.94. The Hall–Kier alpha value is -4.12. The topological polar surface area (TPSA) is 54.5 Å². The fourth-order valence-electron chi connectivity index (χ4n) is 3.51. The zero-order valence-corrected chi connectivity index (χ0v) is 16.2. The number of anilines is 3. The summed E-state index contributed by atoms with van der Waals surface area (Å²) in [6.07, 6.45) is 1.70. The maximum atomic E-state index is 13.6. The van der Waals surface area contributed by atoms with E-state index in [2.05, 4.69) is 10.3 Å². The van der Waals surface area contributed by atoms with Crippen LogP contribution in [0, 0.1) is 0 Å². The van der Waals surface area contributed by atoms with Gasteiger partial charge in [0.1, 0.15) is 11.5 Å². The summed E-state index contributed by atoms with van der Waals surface area (Å²) in [7, 11) is 0. The molecule has 1 aromatic heterocycles. The highest BCUT2D eigenvalue weighted by molar-refractivity contribution is 6.13. The van der Waals surface area contributed by atoms with Gasteiger partial charge in [0.25, 0.3) is 5.91 Å². The van der Waals surface area contributed by atoms with Gasteiger partial charge >= 0.3 is 0 Å². The number of pyridine rings is 1. The van der Waals surface area contributed by atoms with Gasteiger partial charge in [-0.15, -0.1) is 0 Å². The fourth-order valence-corrected chi connectivity index (χ4v) is 3.51. The molecule has 0 fully saturated rings. The van der Waals surface area contributed by atoms with Crippen molar-refractivity contribution in [1.29, 1.82) is 0 Å². The van der Waals surface area contributed by atoms with E-state index in [1.54, 1.807) is 17.2 Å². The van der Waals surface area contributed by atoms with E-state index in [-0.39, 0.29) is 5.91 Å². The van der Waals surface area contributed by atoms with Crippen LogP contribution in [0.1, 0.15) is 15.9 Å². The van der Waals surface area contributed by atoms with Gasteiger partial charge in [-0.05, 0) is 48.0 Å². The van der Waals surface area contributed by atoms with Crippen molar-refractivity contribution in [1.82, 2.24) is 4.98 Å². The molecule has 0 saturated heterocycles. The predicted molar refractivity (Wildman–Crippen MR) is 117 cm³/mol. The highest BCUT2D eigenvalue weighted by atomic mass is 16.5. The first-order valence-electron chi connectivity index (χ1n) is 9.73. The molecule has 4 aromatic rings. The van der Waals surface area contributed by atoms with Gasteiger partial charge in [0.2, 0.25) is 0 Å². The van der Waals surface area contributed by atoms with Gasteiger partial charge in [-0.25, -0.2) is 4.98 Å². The number of para-hydroxylation sites is 1. The Labute approximate surface area is 174 Å². The normalized spacial score (nSPS) is 12.4. The van der Waals surface area contributed by atoms with Gasteiger partial charge in [-0.1, -0.05) is 48.5 Å². The van der Waals surface area contributed by atoms with Crippen LogP contribution in [-0.2, 0) is 6.54 Å². The lowest BCUT2D eigenvalue weighted by Crippen LogP contribution is -2.30. The molecule has 0 bridgehead atoms. The second kappa shape index (κ2) is 7.72. The number of ether oxygens (including phenoxy) is 1. The van der Waals surface area contributed by atoms with E-state index < -0.39 is 0 Å². The average molecular weight is 393 g/mol. The van der Waals surface area contributed by atoms with Crippen molar-refractivity contribution in [2.45, 2.75) is 6.54 Å². The summed E-state index contributed by atoms with van der Waals surface area (Å²) in [5.41, 5.74) is 3.09. The number of rotatable bonds is 4. The van der Waals surface area contributed by atoms with Gasteiger partial charge in [-0.2, -0.15) is 0 Å². The number of nitrogens with one attached hydrogen (secondary N) is 1. The summed E-state index contributed by atoms with van der Waals surface area (Å²) >= 11 is 0. The third-order valence-corrected chi connectivity index (χ3v) is 4.94. The summed E-state index contributed by atoms with van der Waals surface area (Å²) in [6.45, 7) is 0.425. The molecule has 0 saturated carbocycles. The first kappa shape index (κ1) is 17.9. The molecule has 5 heteroatoms. The van der Waals surface area contributed by atoms with Crippen molar-refractivity contribution in [3.05, 3.63) is 108 Å². The summed E-state index contributed by atoms with van der Waals surface area (Å²) in [5, 5.41) is 3.36. The van der Waals surface area contributed by atoms with Gasteiger partial charge in [0.15, 0.2) is 5.82 Å². The lowest BCUT2D eigenvalue weighted by Gasteiger charge is -2.21. The summed E-state index contributed by atoms with van der Waals surface area (Å²) in [4.78, 5) is 19.8. The minimum absolute atomic E-state index is 0.127. The third kappa shape index (κ3) is 3.49. The van der Waals surface area contributed by atoms with Gasteiger partial charge in [0, 0.05) is 6.20 Å². The standard InChI is InChI=1S/C25H19N3O2/c29-25-21-16-20(30-19-10-5-2-6-11-19)13-14-22(21)27-23-12-7-15-26-24(23)28(25)17-18-8-3-1-4-9-18/h1-16,27H,17H2. The van der Waals surface area contributed by atoms with Crippen LogP contribution in [0.2, 0.25) is 0 Å². The van der Waals surface area contributed by atoms with Crippen LogP contribution in [0.15, 0.2) is 97.2 Å². The molecule has 0 atom stereocenters. The van der Waals surface area contributed by atoms with E-state index in [0.717, 1.165) is 22.7 Å². The molecule has 0 unspecified atom stereocenters. The number of benzene rings is 3. The summed E-state index contributed by atoms with van der Waals surface area (Å²) in [5.74, 6) is 1.80. The molecule has 0 radical (unpaired) electrons. The SMILES string of the molecule is O=C1c2cc(Oc3ccccc3)ccc2Nc2cccnc2N1Cc1ccccc1. The van der Waals surface area contributed by atoms with Crippen LogP contribution in [0.3, 0.4) is 0 Å². The van der Waals surface area contributed by atoms with E-state index in [1.165, 1.54) is 0 Å². The van der Waals surface area contributed by atoms with Crippen LogP contribution < -0.4 is 15.0 Å². The van der Waals surface area contributed by atoms with Crippen molar-refractivity contribution in [3.8, 4) is 11.5 Å². The molecule has 1 aliphatic heterocycles. The van der Waals surface area contributed by atoms with E-state index in [1.807, 2.05) is 84.9 Å². The molecule has 0 spiro atoms. The minimum atomic E-state index is -0.127. The average Bonchev–Trinajstić information content (AvgIpc) is 2.90. The number of carbonyl (C=O) groups is 1. The summed E-state index contributed by atoms with van der Waals surface area (Å²) < 4.78 is 5.95. The monoisotopic (exact) mass is 393 g/mol. The Kier molecular flexibility index (Phi) is 4.62. The Morgan fingerprint density at radius 1 is 0.800 bits per heavy atom. The molecule has 5 nitrogen and oxygen atoms in total. The predicted octanol–water partition coefficient (Wildman–Crippen LogP) is 5.78. The number of hydrogen-bond acceptors (Lipinski definition) is 4. The zero-order valence-electron chi connectivity index (χ0n) is 16.2. The second-order valence-electron chi connectivity index (χ2n) is 7.00. The number of fused-ring (bicyclic) bond motifs is 2. The van der Waals surface area contributed by atoms with E-state index >= 15 is 0 Å². The molecule has 2 heterocycles. The van der Waals surface area contributed by atoms with E-state index in [0.29, 0.717) is 23.7 Å². The van der Waals surface area contributed by atoms with Crippen molar-refractivity contribution in [2.24, 2.45) is 0 Å². The minimum Gasteiger partial charge on any atom is -0.457 e. The van der Waals surface area contributed by atoms with Crippen molar-refractivity contribution in [3.63, 3.8) is 0 Å². The van der Waals surface area contributed by atoms with Crippen molar-refractivity contribution in [2.75, 3.05) is 10.2 Å². The smallest absolute Gasteiger partial charge is 0.262 e. The van der Waals surface area contributed by atoms with Crippen LogP contribution >= 0.6 is 0 Å². The molecular weight excluding hydrogens is 374 g/mol. The Morgan fingerprint density at radius 2 is 1.57 bits per heavy atom. The van der Waals surface area contributed by atoms with Crippen LogP contribution in [0.25, 0.3) is 0 Å². The Bertz CT molecular complexity index is 1190. The first-order chi connectivity index (χ1) is 14.8. The Morgan fingerprint density at radius 3 is 2.37 bits per heavy atom. The molecule has 30 heavy (non-hydrogen) atoms. The molecule has 146 valence electrons.